The van der Waals surface area contributed by atoms with Gasteiger partial charge >= 0.3 is 0 Å². The maximum atomic E-state index is 13.0. The molecule has 0 spiro atoms. The Balaban J connectivity index is 1.76. The summed E-state index contributed by atoms with van der Waals surface area (Å²) in [4.78, 5) is 27.3. The van der Waals surface area contributed by atoms with Gasteiger partial charge in [0.1, 0.15) is 11.5 Å². The topological polar surface area (TPSA) is 93.1 Å². The number of amides is 1. The Hall–Kier alpha value is -3.74. The summed E-state index contributed by atoms with van der Waals surface area (Å²) in [6, 6.07) is 12.8. The number of furan rings is 2. The molecule has 1 atom stereocenters. The van der Waals surface area contributed by atoms with Crippen LogP contribution in [0.4, 0.5) is 0 Å². The summed E-state index contributed by atoms with van der Waals surface area (Å²) in [6.07, 6.45) is 2.87. The maximum Gasteiger partial charge on any atom is 0.290 e. The van der Waals surface area contributed by atoms with E-state index in [9.17, 15) is 14.7 Å². The molecule has 3 heterocycles. The summed E-state index contributed by atoms with van der Waals surface area (Å²) in [5.74, 6) is -0.511. The summed E-state index contributed by atoms with van der Waals surface area (Å²) in [5, 5.41) is 10.6. The van der Waals surface area contributed by atoms with Crippen LogP contribution in [-0.2, 0) is 11.3 Å². The highest BCUT2D eigenvalue weighted by Gasteiger charge is 2.44. The third kappa shape index (κ3) is 3.42. The zero-order valence-electron chi connectivity index (χ0n) is 15.7. The first-order valence-corrected chi connectivity index (χ1v) is 9.17. The van der Waals surface area contributed by atoms with Crippen LogP contribution in [0.15, 0.2) is 81.2 Å². The largest absolute Gasteiger partial charge is 0.503 e. The fourth-order valence-electron chi connectivity index (χ4n) is 3.42. The number of Topliss-reactive ketones (excluding diaryl/α,β-unsaturated/α-hetero) is 1. The molecule has 2 aromatic heterocycles. The molecule has 3 aromatic rings. The molecule has 29 heavy (non-hydrogen) atoms. The van der Waals surface area contributed by atoms with Crippen molar-refractivity contribution in [2.45, 2.75) is 19.5 Å². The van der Waals surface area contributed by atoms with Gasteiger partial charge in [0.25, 0.3) is 5.91 Å². The van der Waals surface area contributed by atoms with Gasteiger partial charge < -0.3 is 23.6 Å². The average molecular weight is 393 g/mol. The highest BCUT2D eigenvalue weighted by atomic mass is 16.5. The number of carbonyl (C=O) groups excluding carboxylic acids is 2. The molecule has 7 heteroatoms. The van der Waals surface area contributed by atoms with Crippen molar-refractivity contribution < 1.29 is 28.3 Å². The van der Waals surface area contributed by atoms with Crippen molar-refractivity contribution in [2.75, 3.05) is 6.61 Å². The summed E-state index contributed by atoms with van der Waals surface area (Å²) >= 11 is 0. The summed E-state index contributed by atoms with van der Waals surface area (Å²) in [6.45, 7) is 2.51. The molecule has 1 amide bonds. The van der Waals surface area contributed by atoms with Gasteiger partial charge in [-0.25, -0.2) is 0 Å². The van der Waals surface area contributed by atoms with Crippen LogP contribution >= 0.6 is 0 Å². The van der Waals surface area contributed by atoms with Crippen molar-refractivity contribution in [3.63, 3.8) is 0 Å². The second-order valence-corrected chi connectivity index (χ2v) is 6.49. The van der Waals surface area contributed by atoms with Gasteiger partial charge in [-0.3, -0.25) is 9.59 Å². The van der Waals surface area contributed by atoms with E-state index >= 15 is 0 Å². The Labute approximate surface area is 166 Å². The highest BCUT2D eigenvalue weighted by molar-refractivity contribution is 6.14. The number of hydrogen-bond acceptors (Lipinski definition) is 6. The summed E-state index contributed by atoms with van der Waals surface area (Å²) in [7, 11) is 0. The number of aliphatic hydroxyl groups is 1. The fraction of sp³-hybridized carbons (Fsp3) is 0.182. The lowest BCUT2D eigenvalue weighted by molar-refractivity contribution is -0.130. The molecule has 1 N–H and O–H groups in total. The lowest BCUT2D eigenvalue weighted by atomic mass is 9.95. The van der Waals surface area contributed by atoms with Crippen LogP contribution in [0.3, 0.4) is 0 Å². The molecule has 7 nitrogen and oxygen atoms in total. The molecule has 4 rings (SSSR count). The Morgan fingerprint density at radius 1 is 1.10 bits per heavy atom. The first kappa shape index (κ1) is 18.6. The monoisotopic (exact) mass is 393 g/mol. The number of carbonyl (C=O) groups is 2. The van der Waals surface area contributed by atoms with Crippen LogP contribution in [0.2, 0.25) is 0 Å². The lowest BCUT2D eigenvalue weighted by Gasteiger charge is -2.26. The molecule has 148 valence electrons. The zero-order valence-corrected chi connectivity index (χ0v) is 15.7. The minimum absolute atomic E-state index is 0.0272. The molecular weight excluding hydrogens is 374 g/mol. The van der Waals surface area contributed by atoms with Crippen molar-refractivity contribution in [2.24, 2.45) is 0 Å². The quantitative estimate of drug-likeness (QED) is 0.609. The van der Waals surface area contributed by atoms with Crippen molar-refractivity contribution in [3.05, 3.63) is 89.5 Å². The lowest BCUT2D eigenvalue weighted by Crippen LogP contribution is -2.30. The molecule has 1 unspecified atom stereocenters. The van der Waals surface area contributed by atoms with E-state index in [2.05, 4.69) is 0 Å². The first-order chi connectivity index (χ1) is 14.1. The summed E-state index contributed by atoms with van der Waals surface area (Å²) < 4.78 is 16.0. The normalized spacial score (nSPS) is 16.5. The van der Waals surface area contributed by atoms with E-state index in [0.717, 1.165) is 0 Å². The zero-order chi connectivity index (χ0) is 20.4. The highest BCUT2D eigenvalue weighted by Crippen LogP contribution is 2.40. The van der Waals surface area contributed by atoms with Crippen molar-refractivity contribution >= 4 is 11.7 Å². The van der Waals surface area contributed by atoms with Gasteiger partial charge in [0, 0.05) is 0 Å². The molecule has 0 saturated carbocycles. The van der Waals surface area contributed by atoms with Crippen molar-refractivity contribution in [3.8, 4) is 5.75 Å². The fourth-order valence-corrected chi connectivity index (χ4v) is 3.42. The standard InChI is InChI=1S/C22H19NO6/c1-2-27-15-9-7-14(8-10-15)19-18(20(24)17-6-4-12-29-17)21(25)22(26)23(19)13-16-5-3-11-28-16/h3-12,19,25H,2,13H2,1H3. The molecule has 1 aliphatic heterocycles. The molecule has 1 aliphatic rings. The maximum absolute atomic E-state index is 13.0. The first-order valence-electron chi connectivity index (χ1n) is 9.17. The van der Waals surface area contributed by atoms with Crippen molar-refractivity contribution in [1.82, 2.24) is 4.90 Å². The van der Waals surface area contributed by atoms with Gasteiger partial charge in [0.2, 0.25) is 5.78 Å². The van der Waals surface area contributed by atoms with Crippen LogP contribution in [0.25, 0.3) is 0 Å². The van der Waals surface area contributed by atoms with E-state index in [4.69, 9.17) is 13.6 Å². The molecular formula is C22H19NO6. The number of ether oxygens (including phenoxy) is 1. The molecule has 0 radical (unpaired) electrons. The van der Waals surface area contributed by atoms with Gasteiger partial charge in [-0.15, -0.1) is 0 Å². The van der Waals surface area contributed by atoms with Gasteiger partial charge in [0.05, 0.1) is 37.3 Å². The minimum Gasteiger partial charge on any atom is -0.503 e. The van der Waals surface area contributed by atoms with Crippen LogP contribution in [0, 0.1) is 0 Å². The van der Waals surface area contributed by atoms with E-state index in [-0.39, 0.29) is 17.9 Å². The van der Waals surface area contributed by atoms with E-state index in [0.29, 0.717) is 23.7 Å². The van der Waals surface area contributed by atoms with Gasteiger partial charge in [-0.1, -0.05) is 12.1 Å². The molecule has 1 aromatic carbocycles. The van der Waals surface area contributed by atoms with Crippen LogP contribution in [0.1, 0.15) is 34.8 Å². The smallest absolute Gasteiger partial charge is 0.290 e. The SMILES string of the molecule is CCOc1ccc(C2C(C(=O)c3ccco3)=C(O)C(=O)N2Cc2ccco2)cc1. The van der Waals surface area contributed by atoms with Gasteiger partial charge in [-0.2, -0.15) is 0 Å². The molecule has 0 fully saturated rings. The Kier molecular flexibility index (Phi) is 4.95. The molecule has 0 saturated heterocycles. The number of aliphatic hydroxyl groups excluding tert-OH is 1. The van der Waals surface area contributed by atoms with Crippen molar-refractivity contribution in [1.29, 1.82) is 0 Å². The number of hydrogen-bond donors (Lipinski definition) is 1. The third-order valence-electron chi connectivity index (χ3n) is 4.71. The van der Waals surface area contributed by atoms with E-state index < -0.39 is 23.5 Å². The average Bonchev–Trinajstić information content (AvgIpc) is 3.47. The number of ketones is 1. The second kappa shape index (κ2) is 7.71. The Morgan fingerprint density at radius 3 is 2.45 bits per heavy atom. The predicted octanol–water partition coefficient (Wildman–Crippen LogP) is 4.05. The molecule has 0 bridgehead atoms. The van der Waals surface area contributed by atoms with E-state index in [1.807, 2.05) is 6.92 Å². The van der Waals surface area contributed by atoms with E-state index in [1.165, 1.54) is 23.5 Å². The predicted molar refractivity (Wildman–Crippen MR) is 102 cm³/mol. The number of rotatable bonds is 7. The Bertz CT molecular complexity index is 1030. The summed E-state index contributed by atoms with van der Waals surface area (Å²) in [5.41, 5.74) is 0.632. The van der Waals surface area contributed by atoms with Gasteiger partial charge in [-0.05, 0) is 48.9 Å². The van der Waals surface area contributed by atoms with Gasteiger partial charge in [0.15, 0.2) is 11.5 Å². The Morgan fingerprint density at radius 2 is 1.83 bits per heavy atom. The molecule has 0 aliphatic carbocycles. The van der Waals surface area contributed by atoms with E-state index in [1.54, 1.807) is 42.5 Å². The van der Waals surface area contributed by atoms with Crippen LogP contribution < -0.4 is 4.74 Å². The number of benzene rings is 1. The van der Waals surface area contributed by atoms with Crippen LogP contribution in [-0.4, -0.2) is 28.3 Å². The number of nitrogens with zero attached hydrogens (tertiary/aromatic N) is 1. The second-order valence-electron chi connectivity index (χ2n) is 6.49. The third-order valence-corrected chi connectivity index (χ3v) is 4.71. The minimum atomic E-state index is -0.791. The van der Waals surface area contributed by atoms with Crippen LogP contribution in [0.5, 0.6) is 5.75 Å².